The molecule has 2 aromatic carbocycles. The average Bonchev–Trinajstić information content (AvgIpc) is 3.38. The Morgan fingerprint density at radius 3 is 2.39 bits per heavy atom. The molecule has 0 radical (unpaired) electrons. The van der Waals surface area contributed by atoms with Gasteiger partial charge in [0.05, 0.1) is 6.54 Å². The number of rotatable bonds is 3. The summed E-state index contributed by atoms with van der Waals surface area (Å²) in [7, 11) is 1.56. The van der Waals surface area contributed by atoms with E-state index < -0.39 is 18.2 Å². The molecule has 0 spiro atoms. The second-order valence-corrected chi connectivity index (χ2v) is 7.42. The van der Waals surface area contributed by atoms with Gasteiger partial charge in [0.2, 0.25) is 0 Å². The summed E-state index contributed by atoms with van der Waals surface area (Å²) in [4.78, 5) is 26.5. The van der Waals surface area contributed by atoms with Gasteiger partial charge in [-0.05, 0) is 22.3 Å². The summed E-state index contributed by atoms with van der Waals surface area (Å²) in [5.74, 6) is -0.110. The van der Waals surface area contributed by atoms with Crippen LogP contribution >= 0.6 is 0 Å². The van der Waals surface area contributed by atoms with E-state index in [4.69, 9.17) is 14.2 Å². The summed E-state index contributed by atoms with van der Waals surface area (Å²) in [6.07, 6.45) is -1.20. The highest BCUT2D eigenvalue weighted by molar-refractivity contribution is 5.91. The monoisotopic (exact) mass is 379 g/mol. The number of methoxy groups -OCH3 is 1. The van der Waals surface area contributed by atoms with Crippen LogP contribution in [-0.4, -0.2) is 61.9 Å². The Bertz CT molecular complexity index is 897. The number of hydrogen-bond acceptors (Lipinski definition) is 5. The van der Waals surface area contributed by atoms with Crippen molar-refractivity contribution in [2.75, 3.05) is 26.9 Å². The number of hydrogen-bond donors (Lipinski definition) is 0. The second-order valence-electron chi connectivity index (χ2n) is 7.42. The van der Waals surface area contributed by atoms with E-state index >= 15 is 0 Å². The Kier molecular flexibility index (Phi) is 4.18. The van der Waals surface area contributed by atoms with E-state index in [1.165, 1.54) is 16.0 Å². The van der Waals surface area contributed by atoms with Crippen LogP contribution in [0, 0.1) is 0 Å². The van der Waals surface area contributed by atoms with E-state index in [1.54, 1.807) is 7.11 Å². The lowest BCUT2D eigenvalue weighted by Gasteiger charge is -2.22. The molecule has 0 N–H and O–H groups in total. The van der Waals surface area contributed by atoms with Crippen molar-refractivity contribution in [3.63, 3.8) is 0 Å². The molecule has 6 heteroatoms. The fourth-order valence-corrected chi connectivity index (χ4v) is 4.68. The molecule has 2 heterocycles. The van der Waals surface area contributed by atoms with E-state index in [0.717, 1.165) is 11.1 Å². The van der Waals surface area contributed by atoms with E-state index in [1.807, 2.05) is 24.3 Å². The van der Waals surface area contributed by atoms with Crippen molar-refractivity contribution >= 4 is 11.9 Å². The van der Waals surface area contributed by atoms with Gasteiger partial charge in [-0.3, -0.25) is 9.69 Å². The largest absolute Gasteiger partial charge is 0.448 e. The highest BCUT2D eigenvalue weighted by Crippen LogP contribution is 2.44. The number of fused-ring (bicyclic) bond motifs is 4. The minimum Gasteiger partial charge on any atom is -0.448 e. The van der Waals surface area contributed by atoms with Gasteiger partial charge in [0.1, 0.15) is 31.5 Å². The van der Waals surface area contributed by atoms with Gasteiger partial charge >= 0.3 is 6.09 Å². The second kappa shape index (κ2) is 6.72. The Balaban J connectivity index is 1.35. The molecule has 3 aliphatic rings. The molecule has 2 aliphatic heterocycles. The Morgan fingerprint density at radius 2 is 1.75 bits per heavy atom. The summed E-state index contributed by atoms with van der Waals surface area (Å²) in [5.41, 5.74) is 4.68. The van der Waals surface area contributed by atoms with Crippen molar-refractivity contribution in [2.24, 2.45) is 0 Å². The number of likely N-dealkylation sites (tertiary alicyclic amines) is 1. The molecule has 1 amide bonds. The van der Waals surface area contributed by atoms with Crippen LogP contribution in [0.1, 0.15) is 17.0 Å². The molecule has 3 atom stereocenters. The third-order valence-corrected chi connectivity index (χ3v) is 6.01. The molecule has 28 heavy (non-hydrogen) atoms. The molecule has 0 bridgehead atoms. The van der Waals surface area contributed by atoms with Gasteiger partial charge in [0.25, 0.3) is 0 Å². The molecule has 1 aliphatic carbocycles. The van der Waals surface area contributed by atoms with Gasteiger partial charge in [-0.1, -0.05) is 48.5 Å². The normalized spacial score (nSPS) is 25.5. The first-order chi connectivity index (χ1) is 13.7. The summed E-state index contributed by atoms with van der Waals surface area (Å²) < 4.78 is 16.6. The van der Waals surface area contributed by atoms with Crippen LogP contribution in [0.3, 0.4) is 0 Å². The Hall–Kier alpha value is -2.70. The van der Waals surface area contributed by atoms with E-state index in [-0.39, 0.29) is 31.0 Å². The zero-order valence-corrected chi connectivity index (χ0v) is 15.5. The topological polar surface area (TPSA) is 65.1 Å². The number of carbonyl (C=O) groups is 2. The van der Waals surface area contributed by atoms with Crippen molar-refractivity contribution in [1.29, 1.82) is 0 Å². The predicted molar refractivity (Wildman–Crippen MR) is 101 cm³/mol. The lowest BCUT2D eigenvalue weighted by molar-refractivity contribution is -0.121. The number of benzene rings is 2. The predicted octanol–water partition coefficient (Wildman–Crippen LogP) is 2.60. The minimum absolute atomic E-state index is 0.0106. The van der Waals surface area contributed by atoms with Crippen LogP contribution in [0.15, 0.2) is 48.5 Å². The van der Waals surface area contributed by atoms with Crippen LogP contribution in [0.2, 0.25) is 0 Å². The van der Waals surface area contributed by atoms with Gasteiger partial charge in [-0.2, -0.15) is 0 Å². The number of amides is 1. The summed E-state index contributed by atoms with van der Waals surface area (Å²) in [6, 6.07) is 15.8. The number of nitrogens with zero attached hydrogens (tertiary/aromatic N) is 1. The minimum atomic E-state index is -0.611. The maximum Gasteiger partial charge on any atom is 0.410 e. The van der Waals surface area contributed by atoms with Crippen LogP contribution in [0.25, 0.3) is 11.1 Å². The summed E-state index contributed by atoms with van der Waals surface area (Å²) in [5, 5.41) is 0. The van der Waals surface area contributed by atoms with Crippen LogP contribution in [-0.2, 0) is 19.0 Å². The first-order valence-corrected chi connectivity index (χ1v) is 9.47. The quantitative estimate of drug-likeness (QED) is 0.820. The molecule has 0 aromatic heterocycles. The van der Waals surface area contributed by atoms with Crippen LogP contribution in [0.5, 0.6) is 0 Å². The molecule has 2 saturated heterocycles. The summed E-state index contributed by atoms with van der Waals surface area (Å²) >= 11 is 0. The average molecular weight is 379 g/mol. The van der Waals surface area contributed by atoms with Crippen molar-refractivity contribution in [3.05, 3.63) is 59.7 Å². The molecule has 5 rings (SSSR count). The van der Waals surface area contributed by atoms with E-state index in [2.05, 4.69) is 24.3 Å². The fraction of sp³-hybridized carbons (Fsp3) is 0.364. The number of carbonyl (C=O) groups excluding carboxylic acids is 2. The zero-order valence-electron chi connectivity index (χ0n) is 15.5. The molecule has 144 valence electrons. The highest BCUT2D eigenvalue weighted by Gasteiger charge is 2.53. The maximum atomic E-state index is 12.8. The molecular formula is C22H21NO5. The smallest absolute Gasteiger partial charge is 0.410 e. The Morgan fingerprint density at radius 1 is 1.11 bits per heavy atom. The van der Waals surface area contributed by atoms with Crippen molar-refractivity contribution in [1.82, 2.24) is 4.90 Å². The van der Waals surface area contributed by atoms with Crippen molar-refractivity contribution in [2.45, 2.75) is 24.2 Å². The third-order valence-electron chi connectivity index (χ3n) is 6.01. The molecule has 0 saturated carbocycles. The molecular weight excluding hydrogens is 358 g/mol. The maximum absolute atomic E-state index is 12.8. The van der Waals surface area contributed by atoms with E-state index in [9.17, 15) is 9.59 Å². The highest BCUT2D eigenvalue weighted by atomic mass is 16.6. The molecule has 0 unspecified atom stereocenters. The lowest BCUT2D eigenvalue weighted by atomic mass is 9.98. The first kappa shape index (κ1) is 17.4. The van der Waals surface area contributed by atoms with Gasteiger partial charge in [0, 0.05) is 13.0 Å². The summed E-state index contributed by atoms with van der Waals surface area (Å²) in [6.45, 7) is 0.546. The Labute approximate surface area is 163 Å². The molecule has 2 aromatic rings. The van der Waals surface area contributed by atoms with Gasteiger partial charge in [-0.15, -0.1) is 0 Å². The van der Waals surface area contributed by atoms with Gasteiger partial charge in [-0.25, -0.2) is 4.79 Å². The SMILES string of the molecule is CO[C@H]1CN(C(=O)OCC2c3ccccc3-c3ccccc32)[C@@H]2C(=O)CO[C@H]12. The van der Waals surface area contributed by atoms with E-state index in [0.29, 0.717) is 6.54 Å². The first-order valence-electron chi connectivity index (χ1n) is 9.47. The third kappa shape index (κ3) is 2.56. The standard InChI is InChI=1S/C22H21NO5/c1-26-19-10-23(20-18(24)12-27-21(19)20)22(25)28-11-17-15-8-4-2-6-13(15)14-7-3-5-9-16(14)17/h2-9,17,19-21H,10-12H2,1H3/t19-,20+,21+/m0/s1. The van der Waals surface area contributed by atoms with Crippen LogP contribution < -0.4 is 0 Å². The molecule has 2 fully saturated rings. The molecule has 6 nitrogen and oxygen atoms in total. The van der Waals surface area contributed by atoms with Gasteiger partial charge in [0.15, 0.2) is 5.78 Å². The number of Topliss-reactive ketones (excluding diaryl/α,β-unsaturated/α-hetero) is 1. The number of ether oxygens (including phenoxy) is 3. The van der Waals surface area contributed by atoms with Gasteiger partial charge < -0.3 is 14.2 Å². The lowest BCUT2D eigenvalue weighted by Crippen LogP contribution is -2.42. The fourth-order valence-electron chi connectivity index (χ4n) is 4.68. The van der Waals surface area contributed by atoms with Crippen LogP contribution in [0.4, 0.5) is 4.79 Å². The van der Waals surface area contributed by atoms with Crippen molar-refractivity contribution in [3.8, 4) is 11.1 Å². The zero-order chi connectivity index (χ0) is 19.3. The number of ketones is 1. The van der Waals surface area contributed by atoms with Crippen molar-refractivity contribution < 1.29 is 23.8 Å².